The average molecular weight is 477 g/mol. The van der Waals surface area contributed by atoms with Gasteiger partial charge < -0.3 is 4.90 Å². The summed E-state index contributed by atoms with van der Waals surface area (Å²) in [5, 5.41) is 0. The van der Waals surface area contributed by atoms with E-state index in [1.807, 2.05) is 30.9 Å². The second-order valence-corrected chi connectivity index (χ2v) is 11.6. The van der Waals surface area contributed by atoms with Crippen molar-refractivity contribution >= 4 is 15.9 Å². The fourth-order valence-electron chi connectivity index (χ4n) is 5.36. The molecular formula is C25H30F2N2O3S. The number of carbonyl (C=O) groups excluding carboxylic acids is 1. The maximum atomic E-state index is 14.6. The lowest BCUT2D eigenvalue weighted by atomic mass is 9.93. The first kappa shape index (κ1) is 23.8. The molecule has 2 fully saturated rings. The van der Waals surface area contributed by atoms with E-state index in [9.17, 15) is 22.0 Å². The summed E-state index contributed by atoms with van der Waals surface area (Å²) in [4.78, 5) is 15.3. The molecule has 1 N–H and O–H groups in total. The summed E-state index contributed by atoms with van der Waals surface area (Å²) in [6.07, 6.45) is 3.11. The Labute approximate surface area is 194 Å². The first-order chi connectivity index (χ1) is 15.5. The zero-order chi connectivity index (χ0) is 24.0. The molecule has 1 aliphatic heterocycles. The van der Waals surface area contributed by atoms with E-state index >= 15 is 0 Å². The van der Waals surface area contributed by atoms with Gasteiger partial charge in [-0.2, -0.15) is 0 Å². The second-order valence-electron chi connectivity index (χ2n) is 9.80. The number of hydrogen-bond acceptors (Lipinski definition) is 3. The van der Waals surface area contributed by atoms with Crippen LogP contribution in [0.1, 0.15) is 44.6 Å². The summed E-state index contributed by atoms with van der Waals surface area (Å²) in [6.45, 7) is 5.08. The molecule has 0 unspecified atom stereocenters. The third-order valence-corrected chi connectivity index (χ3v) is 7.80. The highest BCUT2D eigenvalue weighted by molar-refractivity contribution is 7.88. The van der Waals surface area contributed by atoms with Gasteiger partial charge in [-0.15, -0.1) is 0 Å². The van der Waals surface area contributed by atoms with E-state index in [4.69, 9.17) is 0 Å². The zero-order valence-electron chi connectivity index (χ0n) is 19.1. The van der Waals surface area contributed by atoms with E-state index < -0.39 is 21.7 Å². The van der Waals surface area contributed by atoms with Gasteiger partial charge in [0.2, 0.25) is 15.9 Å². The summed E-state index contributed by atoms with van der Waals surface area (Å²) < 4.78 is 55.0. The molecule has 5 nitrogen and oxygen atoms in total. The highest BCUT2D eigenvalue weighted by Crippen LogP contribution is 2.66. The quantitative estimate of drug-likeness (QED) is 0.700. The van der Waals surface area contributed by atoms with Crippen LogP contribution in [0.15, 0.2) is 42.5 Å². The van der Waals surface area contributed by atoms with E-state index in [0.29, 0.717) is 37.9 Å². The van der Waals surface area contributed by atoms with E-state index in [2.05, 4.69) is 4.72 Å². The topological polar surface area (TPSA) is 66.5 Å². The Kier molecular flexibility index (Phi) is 6.35. The Hall–Kier alpha value is -2.32. The van der Waals surface area contributed by atoms with E-state index in [1.54, 1.807) is 12.1 Å². The van der Waals surface area contributed by atoms with Gasteiger partial charge in [-0.1, -0.05) is 44.2 Å². The minimum absolute atomic E-state index is 0.0221. The van der Waals surface area contributed by atoms with Crippen molar-refractivity contribution in [3.05, 3.63) is 59.7 Å². The van der Waals surface area contributed by atoms with Crippen molar-refractivity contribution in [2.75, 3.05) is 19.3 Å². The van der Waals surface area contributed by atoms with Gasteiger partial charge >= 0.3 is 0 Å². The van der Waals surface area contributed by atoms with E-state index in [-0.39, 0.29) is 34.8 Å². The highest BCUT2D eigenvalue weighted by atomic mass is 32.2. The number of halogens is 2. The minimum atomic E-state index is -3.30. The van der Waals surface area contributed by atoms with Crippen LogP contribution >= 0.6 is 0 Å². The van der Waals surface area contributed by atoms with Crippen molar-refractivity contribution in [2.45, 2.75) is 45.1 Å². The summed E-state index contributed by atoms with van der Waals surface area (Å²) in [5.41, 5.74) is 0.837. The largest absolute Gasteiger partial charge is 0.342 e. The van der Waals surface area contributed by atoms with Crippen molar-refractivity contribution in [2.24, 2.45) is 11.3 Å². The molecule has 2 aromatic carbocycles. The molecule has 33 heavy (non-hydrogen) atoms. The summed E-state index contributed by atoms with van der Waals surface area (Å²) in [7, 11) is -3.30. The van der Waals surface area contributed by atoms with Crippen LogP contribution < -0.4 is 4.72 Å². The van der Waals surface area contributed by atoms with Gasteiger partial charge in [0.05, 0.1) is 17.7 Å². The average Bonchev–Trinajstić information content (AvgIpc) is 3.37. The standard InChI is InChI=1S/C25H30F2N2O3S/c1-25(2)22(18-10-5-4-9-17(18)21-19(26)11-6-12-20(21)27)23(25)24(30)29-14-7-8-16(13-15-29)28-33(3,31)32/h4-6,9-12,16,22-23,28H,7-8,13-15H2,1-3H3/t16-,22-,23+/m0/s1. The van der Waals surface area contributed by atoms with Gasteiger partial charge in [-0.25, -0.2) is 21.9 Å². The Morgan fingerprint density at radius 2 is 1.70 bits per heavy atom. The maximum absolute atomic E-state index is 14.6. The molecule has 0 radical (unpaired) electrons. The van der Waals surface area contributed by atoms with Crippen LogP contribution in [0.4, 0.5) is 8.78 Å². The lowest BCUT2D eigenvalue weighted by molar-refractivity contribution is -0.133. The first-order valence-electron chi connectivity index (χ1n) is 11.3. The van der Waals surface area contributed by atoms with Crippen LogP contribution in [0.3, 0.4) is 0 Å². The smallest absolute Gasteiger partial charge is 0.226 e. The Morgan fingerprint density at radius 3 is 2.36 bits per heavy atom. The molecule has 0 bridgehead atoms. The van der Waals surface area contributed by atoms with Crippen LogP contribution in [-0.4, -0.2) is 44.6 Å². The number of benzene rings is 2. The molecule has 1 saturated heterocycles. The van der Waals surface area contributed by atoms with E-state index in [0.717, 1.165) is 11.8 Å². The molecule has 178 valence electrons. The number of nitrogens with one attached hydrogen (secondary N) is 1. The third kappa shape index (κ3) is 4.82. The second kappa shape index (κ2) is 8.80. The molecule has 2 aromatic rings. The van der Waals surface area contributed by atoms with Crippen molar-refractivity contribution in [1.29, 1.82) is 0 Å². The predicted octanol–water partition coefficient (Wildman–Crippen LogP) is 4.30. The molecule has 0 spiro atoms. The normalized spacial score (nSPS) is 24.9. The van der Waals surface area contributed by atoms with Crippen LogP contribution in [0.5, 0.6) is 0 Å². The van der Waals surface area contributed by atoms with Crippen molar-refractivity contribution in [3.8, 4) is 11.1 Å². The number of amides is 1. The molecule has 2 aliphatic rings. The number of nitrogens with zero attached hydrogens (tertiary/aromatic N) is 1. The molecule has 0 aromatic heterocycles. The monoisotopic (exact) mass is 476 g/mol. The number of likely N-dealkylation sites (tertiary alicyclic amines) is 1. The van der Waals surface area contributed by atoms with Crippen molar-refractivity contribution < 1.29 is 22.0 Å². The zero-order valence-corrected chi connectivity index (χ0v) is 20.0. The maximum Gasteiger partial charge on any atom is 0.226 e. The highest BCUT2D eigenvalue weighted by Gasteiger charge is 2.63. The van der Waals surface area contributed by atoms with Crippen molar-refractivity contribution in [3.63, 3.8) is 0 Å². The molecular weight excluding hydrogens is 446 g/mol. The summed E-state index contributed by atoms with van der Waals surface area (Å²) >= 11 is 0. The first-order valence-corrected chi connectivity index (χ1v) is 13.2. The summed E-state index contributed by atoms with van der Waals surface area (Å²) in [5.74, 6) is -1.68. The third-order valence-electron chi connectivity index (χ3n) is 7.04. The lowest BCUT2D eigenvalue weighted by Gasteiger charge is -2.22. The molecule has 1 aliphatic carbocycles. The Balaban J connectivity index is 1.57. The van der Waals surface area contributed by atoms with Gasteiger partial charge in [0.1, 0.15) is 11.6 Å². The van der Waals surface area contributed by atoms with Gasteiger partial charge in [-0.05, 0) is 47.9 Å². The SMILES string of the molecule is CC1(C)[C@@H](C(=O)N2CCC[C@H](NS(C)(=O)=O)CC2)[C@@H]1c1ccccc1-c1c(F)cccc1F. The predicted molar refractivity (Wildman–Crippen MR) is 124 cm³/mol. The Morgan fingerprint density at radius 1 is 1.03 bits per heavy atom. The number of rotatable bonds is 5. The van der Waals surface area contributed by atoms with E-state index in [1.165, 1.54) is 18.2 Å². The van der Waals surface area contributed by atoms with Gasteiger partial charge in [0, 0.05) is 25.0 Å². The number of carbonyl (C=O) groups is 1. The van der Waals surface area contributed by atoms with Crippen LogP contribution in [0, 0.1) is 23.0 Å². The fourth-order valence-corrected chi connectivity index (χ4v) is 6.21. The number of sulfonamides is 1. The molecule has 4 rings (SSSR count). The fraction of sp³-hybridized carbons (Fsp3) is 0.480. The van der Waals surface area contributed by atoms with Crippen LogP contribution in [0.2, 0.25) is 0 Å². The Bertz CT molecular complexity index is 1150. The van der Waals surface area contributed by atoms with Gasteiger partial charge in [0.15, 0.2) is 0 Å². The molecule has 1 amide bonds. The summed E-state index contributed by atoms with van der Waals surface area (Å²) in [6, 6.07) is 10.8. The van der Waals surface area contributed by atoms with Crippen molar-refractivity contribution in [1.82, 2.24) is 9.62 Å². The molecule has 3 atom stereocenters. The molecule has 1 heterocycles. The lowest BCUT2D eigenvalue weighted by Crippen LogP contribution is -2.37. The molecule has 8 heteroatoms. The van der Waals surface area contributed by atoms with Crippen LogP contribution in [0.25, 0.3) is 11.1 Å². The molecule has 1 saturated carbocycles. The minimum Gasteiger partial charge on any atom is -0.342 e. The van der Waals surface area contributed by atoms with Gasteiger partial charge in [0.25, 0.3) is 0 Å². The van der Waals surface area contributed by atoms with Gasteiger partial charge in [-0.3, -0.25) is 4.79 Å². The number of hydrogen-bond donors (Lipinski definition) is 1. The van der Waals surface area contributed by atoms with Crippen LogP contribution in [-0.2, 0) is 14.8 Å².